The molecule has 4 nitrogen and oxygen atoms in total. The van der Waals surface area contributed by atoms with Gasteiger partial charge in [0.2, 0.25) is 11.8 Å². The molecule has 1 aromatic carbocycles. The average molecular weight is 357 g/mol. The monoisotopic (exact) mass is 356 g/mol. The van der Waals surface area contributed by atoms with Gasteiger partial charge in [0.15, 0.2) is 0 Å². The molecule has 1 aromatic rings. The van der Waals surface area contributed by atoms with Gasteiger partial charge in [0, 0.05) is 24.4 Å². The molecule has 0 spiro atoms. The van der Waals surface area contributed by atoms with Crippen LogP contribution < -0.4 is 10.6 Å². The van der Waals surface area contributed by atoms with Crippen LogP contribution in [0.1, 0.15) is 68.9 Å². The second-order valence-corrected chi connectivity index (χ2v) is 8.04. The summed E-state index contributed by atoms with van der Waals surface area (Å²) >= 11 is 0. The molecule has 2 aliphatic rings. The van der Waals surface area contributed by atoms with Crippen molar-refractivity contribution in [2.75, 3.05) is 0 Å². The first-order valence-corrected chi connectivity index (χ1v) is 10.3. The van der Waals surface area contributed by atoms with Crippen molar-refractivity contribution >= 4 is 11.8 Å². The highest BCUT2D eigenvalue weighted by Crippen LogP contribution is 2.30. The van der Waals surface area contributed by atoms with Gasteiger partial charge in [-0.1, -0.05) is 43.5 Å². The third-order valence-electron chi connectivity index (χ3n) is 6.13. The van der Waals surface area contributed by atoms with Crippen LogP contribution in [-0.4, -0.2) is 17.9 Å². The van der Waals surface area contributed by atoms with E-state index in [9.17, 15) is 9.59 Å². The van der Waals surface area contributed by atoms with Crippen molar-refractivity contribution in [1.82, 2.24) is 10.6 Å². The number of amides is 2. The lowest BCUT2D eigenvalue weighted by Crippen LogP contribution is -2.42. The zero-order chi connectivity index (χ0) is 18.4. The van der Waals surface area contributed by atoms with Gasteiger partial charge in [-0.2, -0.15) is 0 Å². The first-order chi connectivity index (χ1) is 12.6. The molecule has 0 unspecified atom stereocenters. The van der Waals surface area contributed by atoms with Crippen molar-refractivity contribution in [1.29, 1.82) is 0 Å². The van der Waals surface area contributed by atoms with Gasteiger partial charge in [-0.3, -0.25) is 9.59 Å². The van der Waals surface area contributed by atoms with Crippen LogP contribution in [0.2, 0.25) is 0 Å². The predicted octanol–water partition coefficient (Wildman–Crippen LogP) is 3.87. The van der Waals surface area contributed by atoms with Gasteiger partial charge in [-0.05, 0) is 56.6 Å². The second kappa shape index (κ2) is 9.20. The zero-order valence-electron chi connectivity index (χ0n) is 15.9. The smallest absolute Gasteiger partial charge is 0.223 e. The van der Waals surface area contributed by atoms with Gasteiger partial charge in [0.05, 0.1) is 0 Å². The molecule has 2 saturated carbocycles. The maximum absolute atomic E-state index is 12.5. The van der Waals surface area contributed by atoms with E-state index in [1.165, 1.54) is 30.4 Å². The van der Waals surface area contributed by atoms with Crippen LogP contribution >= 0.6 is 0 Å². The van der Waals surface area contributed by atoms with Crippen molar-refractivity contribution in [3.63, 3.8) is 0 Å². The maximum atomic E-state index is 12.5. The van der Waals surface area contributed by atoms with Gasteiger partial charge >= 0.3 is 0 Å². The summed E-state index contributed by atoms with van der Waals surface area (Å²) in [5, 5.41) is 6.33. The molecule has 2 fully saturated rings. The summed E-state index contributed by atoms with van der Waals surface area (Å²) in [6.45, 7) is 2.66. The Morgan fingerprint density at radius 2 is 1.50 bits per heavy atom. The fraction of sp³-hybridized carbons (Fsp3) is 0.636. The van der Waals surface area contributed by atoms with E-state index in [1.807, 2.05) is 12.1 Å². The lowest BCUT2D eigenvalue weighted by molar-refractivity contribution is -0.131. The van der Waals surface area contributed by atoms with Crippen molar-refractivity contribution < 1.29 is 9.59 Å². The van der Waals surface area contributed by atoms with E-state index in [0.717, 1.165) is 38.5 Å². The molecule has 142 valence electrons. The third-order valence-corrected chi connectivity index (χ3v) is 6.13. The molecule has 0 heterocycles. The number of carbonyl (C=O) groups excluding carboxylic acids is 2. The fourth-order valence-corrected chi connectivity index (χ4v) is 4.32. The SMILES string of the molecule is Cc1ccccc1CNC(=O)C1CCC(C(=O)NC2CCCCC2)CC1. The number of rotatable bonds is 5. The molecule has 2 N–H and O–H groups in total. The lowest BCUT2D eigenvalue weighted by atomic mass is 9.80. The lowest BCUT2D eigenvalue weighted by Gasteiger charge is -2.30. The zero-order valence-corrected chi connectivity index (χ0v) is 15.9. The van der Waals surface area contributed by atoms with Gasteiger partial charge in [0.25, 0.3) is 0 Å². The van der Waals surface area contributed by atoms with E-state index in [-0.39, 0.29) is 23.7 Å². The first-order valence-electron chi connectivity index (χ1n) is 10.3. The first kappa shape index (κ1) is 18.9. The quantitative estimate of drug-likeness (QED) is 0.841. The molecule has 0 radical (unpaired) electrons. The van der Waals surface area contributed by atoms with E-state index in [0.29, 0.717) is 12.6 Å². The molecule has 2 aliphatic carbocycles. The summed E-state index contributed by atoms with van der Waals surface area (Å²) in [4.78, 5) is 24.9. The molecule has 0 saturated heterocycles. The van der Waals surface area contributed by atoms with Crippen molar-refractivity contribution in [3.05, 3.63) is 35.4 Å². The summed E-state index contributed by atoms with van der Waals surface area (Å²) in [6.07, 6.45) is 9.34. The largest absolute Gasteiger partial charge is 0.353 e. The molecule has 0 aliphatic heterocycles. The summed E-state index contributed by atoms with van der Waals surface area (Å²) in [6, 6.07) is 8.52. The van der Waals surface area contributed by atoms with Crippen LogP contribution in [0.5, 0.6) is 0 Å². The number of hydrogen-bond donors (Lipinski definition) is 2. The minimum atomic E-state index is 0.0535. The maximum Gasteiger partial charge on any atom is 0.223 e. The second-order valence-electron chi connectivity index (χ2n) is 8.04. The summed E-state index contributed by atoms with van der Waals surface area (Å²) in [7, 11) is 0. The molecule has 4 heteroatoms. The van der Waals surface area contributed by atoms with Gasteiger partial charge < -0.3 is 10.6 Å². The Morgan fingerprint density at radius 3 is 2.15 bits per heavy atom. The Morgan fingerprint density at radius 1 is 0.885 bits per heavy atom. The third kappa shape index (κ3) is 5.09. The van der Waals surface area contributed by atoms with E-state index in [1.54, 1.807) is 0 Å². The number of nitrogens with one attached hydrogen (secondary N) is 2. The number of benzene rings is 1. The van der Waals surface area contributed by atoms with Crippen LogP contribution in [-0.2, 0) is 16.1 Å². The molecule has 3 rings (SSSR count). The average Bonchev–Trinajstić information content (AvgIpc) is 2.68. The van der Waals surface area contributed by atoms with Crippen molar-refractivity contribution in [2.24, 2.45) is 11.8 Å². The number of aryl methyl sites for hydroxylation is 1. The van der Waals surface area contributed by atoms with E-state index >= 15 is 0 Å². The Labute approximate surface area is 157 Å². The highest BCUT2D eigenvalue weighted by atomic mass is 16.2. The summed E-state index contributed by atoms with van der Waals surface area (Å²) in [5.74, 6) is 0.505. The molecule has 0 bridgehead atoms. The van der Waals surface area contributed by atoms with Gasteiger partial charge in [-0.25, -0.2) is 0 Å². The Kier molecular flexibility index (Phi) is 6.70. The molecule has 26 heavy (non-hydrogen) atoms. The van der Waals surface area contributed by atoms with E-state index < -0.39 is 0 Å². The highest BCUT2D eigenvalue weighted by Gasteiger charge is 2.30. The van der Waals surface area contributed by atoms with E-state index in [4.69, 9.17) is 0 Å². The molecular formula is C22H32N2O2. The Bertz CT molecular complexity index is 614. The van der Waals surface area contributed by atoms with Crippen LogP contribution in [0.15, 0.2) is 24.3 Å². The number of hydrogen-bond acceptors (Lipinski definition) is 2. The van der Waals surface area contributed by atoms with Gasteiger partial charge in [0.1, 0.15) is 0 Å². The minimum absolute atomic E-state index is 0.0535. The van der Waals surface area contributed by atoms with Crippen LogP contribution in [0.3, 0.4) is 0 Å². The van der Waals surface area contributed by atoms with Crippen LogP contribution in [0.25, 0.3) is 0 Å². The predicted molar refractivity (Wildman–Crippen MR) is 103 cm³/mol. The summed E-state index contributed by atoms with van der Waals surface area (Å²) < 4.78 is 0. The fourth-order valence-electron chi connectivity index (χ4n) is 4.32. The van der Waals surface area contributed by atoms with Crippen molar-refractivity contribution in [2.45, 2.75) is 77.3 Å². The molecule has 0 atom stereocenters. The number of carbonyl (C=O) groups is 2. The molecular weight excluding hydrogens is 324 g/mol. The standard InChI is InChI=1S/C22H32N2O2/c1-16-7-5-6-8-19(16)15-23-21(25)17-11-13-18(14-12-17)22(26)24-20-9-3-2-4-10-20/h5-8,17-18,20H,2-4,9-15H2,1H3,(H,23,25)(H,24,26). The van der Waals surface area contributed by atoms with Gasteiger partial charge in [-0.15, -0.1) is 0 Å². The van der Waals surface area contributed by atoms with E-state index in [2.05, 4.69) is 29.7 Å². The molecule has 0 aromatic heterocycles. The van der Waals surface area contributed by atoms with Crippen LogP contribution in [0.4, 0.5) is 0 Å². The Hall–Kier alpha value is -1.84. The normalized spacial score (nSPS) is 24.0. The Balaban J connectivity index is 1.40. The summed E-state index contributed by atoms with van der Waals surface area (Å²) in [5.41, 5.74) is 2.37. The topological polar surface area (TPSA) is 58.2 Å². The van der Waals surface area contributed by atoms with Crippen molar-refractivity contribution in [3.8, 4) is 0 Å². The highest BCUT2D eigenvalue weighted by molar-refractivity contribution is 5.81. The van der Waals surface area contributed by atoms with Crippen LogP contribution in [0, 0.1) is 18.8 Å². The molecule has 2 amide bonds. The minimum Gasteiger partial charge on any atom is -0.353 e.